The van der Waals surface area contributed by atoms with E-state index in [1.165, 1.54) is 0 Å². The van der Waals surface area contributed by atoms with Gasteiger partial charge in [-0.2, -0.15) is 0 Å². The predicted octanol–water partition coefficient (Wildman–Crippen LogP) is -0.0685. The van der Waals surface area contributed by atoms with Crippen molar-refractivity contribution in [1.82, 2.24) is 4.90 Å². The number of hydrogen-bond donors (Lipinski definition) is 3. The SMILES string of the molecule is CN(CCOCCOCCOCCN)C(=O)c1ccc(N)c(N)c1. The number of carbonyl (C=O) groups is 1. The smallest absolute Gasteiger partial charge is 0.253 e. The lowest BCUT2D eigenvalue weighted by Crippen LogP contribution is -2.30. The van der Waals surface area contributed by atoms with Gasteiger partial charge in [-0.05, 0) is 18.2 Å². The first-order valence-electron chi connectivity index (χ1n) is 7.90. The normalized spacial score (nSPS) is 10.8. The summed E-state index contributed by atoms with van der Waals surface area (Å²) in [6, 6.07) is 4.86. The highest BCUT2D eigenvalue weighted by Gasteiger charge is 2.12. The molecule has 0 fully saturated rings. The van der Waals surface area contributed by atoms with E-state index in [4.69, 9.17) is 31.4 Å². The molecule has 0 bridgehead atoms. The molecule has 0 atom stereocenters. The summed E-state index contributed by atoms with van der Waals surface area (Å²) < 4.78 is 15.9. The molecule has 1 amide bonds. The minimum absolute atomic E-state index is 0.126. The van der Waals surface area contributed by atoms with Crippen molar-refractivity contribution in [3.8, 4) is 0 Å². The number of ether oxygens (including phenoxy) is 3. The van der Waals surface area contributed by atoms with Crippen molar-refractivity contribution in [2.45, 2.75) is 0 Å². The Bertz CT molecular complexity index is 499. The predicted molar refractivity (Wildman–Crippen MR) is 93.7 cm³/mol. The summed E-state index contributed by atoms with van der Waals surface area (Å²) in [7, 11) is 1.71. The Balaban J connectivity index is 2.12. The summed E-state index contributed by atoms with van der Waals surface area (Å²) in [4.78, 5) is 13.8. The average Bonchev–Trinajstić information content (AvgIpc) is 2.58. The molecule has 24 heavy (non-hydrogen) atoms. The van der Waals surface area contributed by atoms with Gasteiger partial charge in [0.2, 0.25) is 0 Å². The van der Waals surface area contributed by atoms with Crippen molar-refractivity contribution in [3.05, 3.63) is 23.8 Å². The second-order valence-electron chi connectivity index (χ2n) is 5.20. The number of nitrogens with two attached hydrogens (primary N) is 3. The van der Waals surface area contributed by atoms with Crippen LogP contribution in [-0.2, 0) is 14.2 Å². The van der Waals surface area contributed by atoms with Crippen molar-refractivity contribution < 1.29 is 19.0 Å². The molecule has 136 valence electrons. The fourth-order valence-electron chi connectivity index (χ4n) is 1.86. The molecule has 0 radical (unpaired) electrons. The minimum Gasteiger partial charge on any atom is -0.397 e. The maximum absolute atomic E-state index is 12.2. The van der Waals surface area contributed by atoms with Crippen LogP contribution < -0.4 is 17.2 Å². The molecule has 0 spiro atoms. The molecule has 0 aliphatic carbocycles. The number of benzene rings is 1. The van der Waals surface area contributed by atoms with Crippen molar-refractivity contribution >= 4 is 17.3 Å². The van der Waals surface area contributed by atoms with Gasteiger partial charge in [0, 0.05) is 25.7 Å². The molecule has 0 heterocycles. The molecule has 6 N–H and O–H groups in total. The third-order valence-electron chi connectivity index (χ3n) is 3.26. The van der Waals surface area contributed by atoms with Crippen LogP contribution >= 0.6 is 0 Å². The number of carbonyl (C=O) groups excluding carboxylic acids is 1. The third-order valence-corrected chi connectivity index (χ3v) is 3.26. The van der Waals surface area contributed by atoms with Gasteiger partial charge in [0.15, 0.2) is 0 Å². The van der Waals surface area contributed by atoms with Crippen LogP contribution in [0.3, 0.4) is 0 Å². The summed E-state index contributed by atoms with van der Waals surface area (Å²) in [5.41, 5.74) is 18.0. The molecule has 0 saturated carbocycles. The fourth-order valence-corrected chi connectivity index (χ4v) is 1.86. The summed E-state index contributed by atoms with van der Waals surface area (Å²) in [6.45, 7) is 3.95. The maximum Gasteiger partial charge on any atom is 0.253 e. The van der Waals surface area contributed by atoms with Crippen LogP contribution in [0, 0.1) is 0 Å². The molecule has 0 aliphatic rings. The molecule has 1 aromatic rings. The van der Waals surface area contributed by atoms with E-state index in [0.717, 1.165) is 0 Å². The van der Waals surface area contributed by atoms with Gasteiger partial charge in [0.25, 0.3) is 5.91 Å². The average molecular weight is 340 g/mol. The van der Waals surface area contributed by atoms with Gasteiger partial charge in [-0.15, -0.1) is 0 Å². The van der Waals surface area contributed by atoms with E-state index < -0.39 is 0 Å². The van der Waals surface area contributed by atoms with Gasteiger partial charge in [0.1, 0.15) is 0 Å². The van der Waals surface area contributed by atoms with Crippen LogP contribution in [0.15, 0.2) is 18.2 Å². The topological polar surface area (TPSA) is 126 Å². The number of anilines is 2. The van der Waals surface area contributed by atoms with Crippen LogP contribution in [0.5, 0.6) is 0 Å². The van der Waals surface area contributed by atoms with Crippen molar-refractivity contribution in [2.75, 3.05) is 71.2 Å². The molecule has 1 aromatic carbocycles. The number of amides is 1. The van der Waals surface area contributed by atoms with E-state index in [0.29, 0.717) is 69.7 Å². The van der Waals surface area contributed by atoms with Crippen molar-refractivity contribution in [1.29, 1.82) is 0 Å². The quantitative estimate of drug-likeness (QED) is 0.359. The third kappa shape index (κ3) is 7.60. The molecule has 0 unspecified atom stereocenters. The molecular formula is C16H28N4O4. The standard InChI is InChI=1S/C16H28N4O4/c1-20(16(21)13-2-3-14(18)15(19)12-13)5-7-23-9-11-24-10-8-22-6-4-17/h2-3,12H,4-11,17-19H2,1H3. The lowest BCUT2D eigenvalue weighted by atomic mass is 10.1. The summed E-state index contributed by atoms with van der Waals surface area (Å²) in [5, 5.41) is 0. The molecule has 0 aliphatic heterocycles. The van der Waals surface area contributed by atoms with Gasteiger partial charge in [-0.1, -0.05) is 0 Å². The van der Waals surface area contributed by atoms with Crippen LogP contribution in [0.1, 0.15) is 10.4 Å². The van der Waals surface area contributed by atoms with Crippen molar-refractivity contribution in [2.24, 2.45) is 5.73 Å². The van der Waals surface area contributed by atoms with Crippen LogP contribution in [0.4, 0.5) is 11.4 Å². The van der Waals surface area contributed by atoms with Crippen LogP contribution in [0.25, 0.3) is 0 Å². The molecule has 0 saturated heterocycles. The highest BCUT2D eigenvalue weighted by Crippen LogP contribution is 2.16. The van der Waals surface area contributed by atoms with E-state index in [2.05, 4.69) is 0 Å². The number of nitrogens with zero attached hydrogens (tertiary/aromatic N) is 1. The van der Waals surface area contributed by atoms with E-state index >= 15 is 0 Å². The Morgan fingerprint density at radius 3 is 2.12 bits per heavy atom. The van der Waals surface area contributed by atoms with Gasteiger partial charge < -0.3 is 36.3 Å². The molecule has 8 heteroatoms. The second-order valence-corrected chi connectivity index (χ2v) is 5.20. The zero-order valence-corrected chi connectivity index (χ0v) is 14.2. The first-order valence-corrected chi connectivity index (χ1v) is 7.90. The molecule has 0 aromatic heterocycles. The van der Waals surface area contributed by atoms with E-state index in [9.17, 15) is 4.79 Å². The summed E-state index contributed by atoms with van der Waals surface area (Å²) >= 11 is 0. The Hall–Kier alpha value is -1.87. The lowest BCUT2D eigenvalue weighted by Gasteiger charge is -2.17. The summed E-state index contributed by atoms with van der Waals surface area (Å²) in [6.07, 6.45) is 0. The highest BCUT2D eigenvalue weighted by atomic mass is 16.5. The Kier molecular flexibility index (Phi) is 9.78. The number of nitrogen functional groups attached to an aromatic ring is 2. The minimum atomic E-state index is -0.126. The Labute approximate surface area is 142 Å². The number of hydrogen-bond acceptors (Lipinski definition) is 7. The molecular weight excluding hydrogens is 312 g/mol. The fraction of sp³-hybridized carbons (Fsp3) is 0.562. The van der Waals surface area contributed by atoms with Gasteiger partial charge >= 0.3 is 0 Å². The molecule has 8 nitrogen and oxygen atoms in total. The monoisotopic (exact) mass is 340 g/mol. The number of likely N-dealkylation sites (N-methyl/N-ethyl adjacent to an activating group) is 1. The van der Waals surface area contributed by atoms with Gasteiger partial charge in [0.05, 0.1) is 51.0 Å². The van der Waals surface area contributed by atoms with Gasteiger partial charge in [-0.25, -0.2) is 0 Å². The van der Waals surface area contributed by atoms with E-state index in [-0.39, 0.29) is 5.91 Å². The van der Waals surface area contributed by atoms with Crippen LogP contribution in [0.2, 0.25) is 0 Å². The summed E-state index contributed by atoms with van der Waals surface area (Å²) in [5.74, 6) is -0.126. The number of rotatable bonds is 12. The van der Waals surface area contributed by atoms with E-state index in [1.807, 2.05) is 0 Å². The molecule has 1 rings (SSSR count). The zero-order chi connectivity index (χ0) is 17.8. The largest absolute Gasteiger partial charge is 0.397 e. The highest BCUT2D eigenvalue weighted by molar-refractivity contribution is 5.95. The first-order chi connectivity index (χ1) is 11.6. The van der Waals surface area contributed by atoms with Crippen molar-refractivity contribution in [3.63, 3.8) is 0 Å². The van der Waals surface area contributed by atoms with Crippen LogP contribution in [-0.4, -0.2) is 70.6 Å². The zero-order valence-electron chi connectivity index (χ0n) is 14.2. The van der Waals surface area contributed by atoms with Gasteiger partial charge in [-0.3, -0.25) is 4.79 Å². The lowest BCUT2D eigenvalue weighted by molar-refractivity contribution is 0.0129. The maximum atomic E-state index is 12.2. The Morgan fingerprint density at radius 1 is 0.958 bits per heavy atom. The Morgan fingerprint density at radius 2 is 1.54 bits per heavy atom. The van der Waals surface area contributed by atoms with E-state index in [1.54, 1.807) is 30.1 Å². The second kappa shape index (κ2) is 11.6. The first kappa shape index (κ1) is 20.2.